The van der Waals surface area contributed by atoms with Gasteiger partial charge in [0.25, 0.3) is 0 Å². The molecule has 0 saturated heterocycles. The van der Waals surface area contributed by atoms with E-state index in [1.165, 1.54) is 0 Å². The Bertz CT molecular complexity index is 499. The third-order valence-electron chi connectivity index (χ3n) is 1.83. The van der Waals surface area contributed by atoms with E-state index in [-0.39, 0.29) is 0 Å². The lowest BCUT2D eigenvalue weighted by atomic mass is 10.3. The second-order valence-electron chi connectivity index (χ2n) is 2.90. The van der Waals surface area contributed by atoms with Crippen LogP contribution in [0.25, 0.3) is 11.5 Å². The predicted octanol–water partition coefficient (Wildman–Crippen LogP) is 3.07. The molecule has 0 saturated carbocycles. The van der Waals surface area contributed by atoms with Crippen LogP contribution in [-0.4, -0.2) is 22.1 Å². The maximum Gasteiger partial charge on any atom is 0.213 e. The number of nitrogens with zero attached hydrogens (tertiary/aromatic N) is 3. The maximum absolute atomic E-state index is 5.05. The van der Waals surface area contributed by atoms with Crippen molar-refractivity contribution >= 4 is 31.9 Å². The summed E-state index contributed by atoms with van der Waals surface area (Å²) in [6.45, 7) is 0. The Morgan fingerprint density at radius 1 is 1.06 bits per heavy atom. The van der Waals surface area contributed by atoms with Crippen molar-refractivity contribution in [1.29, 1.82) is 0 Å². The van der Waals surface area contributed by atoms with E-state index in [2.05, 4.69) is 46.8 Å². The fraction of sp³-hybridized carbons (Fsp3) is 0.100. The van der Waals surface area contributed by atoms with Crippen LogP contribution in [0.1, 0.15) is 0 Å². The molecule has 0 aliphatic rings. The average Bonchev–Trinajstić information content (AvgIpc) is 2.28. The Hall–Kier alpha value is -1.01. The summed E-state index contributed by atoms with van der Waals surface area (Å²) in [5.41, 5.74) is 0.668. The highest BCUT2D eigenvalue weighted by Crippen LogP contribution is 2.20. The number of rotatable bonds is 2. The molecule has 0 spiro atoms. The summed E-state index contributed by atoms with van der Waals surface area (Å²) in [5, 5.41) is 0. The van der Waals surface area contributed by atoms with Crippen LogP contribution >= 0.6 is 31.9 Å². The molecule has 2 aromatic rings. The molecule has 2 aromatic heterocycles. The summed E-state index contributed by atoms with van der Waals surface area (Å²) >= 11 is 6.61. The molecular formula is C10H7Br2N3O. The summed E-state index contributed by atoms with van der Waals surface area (Å²) in [6.07, 6.45) is 0. The zero-order valence-electron chi connectivity index (χ0n) is 8.32. The molecule has 0 fully saturated rings. The molecule has 6 heteroatoms. The lowest BCUT2D eigenvalue weighted by molar-refractivity contribution is 0.398. The molecule has 0 bridgehead atoms. The maximum atomic E-state index is 5.05. The SMILES string of the molecule is COc1cccc(-c2nc(Br)cc(Br)n2)n1. The third kappa shape index (κ3) is 2.56. The molecule has 0 amide bonds. The van der Waals surface area contributed by atoms with Crippen molar-refractivity contribution in [2.45, 2.75) is 0 Å². The van der Waals surface area contributed by atoms with Gasteiger partial charge in [-0.25, -0.2) is 15.0 Å². The molecule has 82 valence electrons. The van der Waals surface area contributed by atoms with Gasteiger partial charge in [-0.2, -0.15) is 0 Å². The van der Waals surface area contributed by atoms with Gasteiger partial charge in [-0.15, -0.1) is 0 Å². The van der Waals surface area contributed by atoms with Gasteiger partial charge in [0, 0.05) is 12.1 Å². The molecule has 2 rings (SSSR count). The molecule has 4 nitrogen and oxygen atoms in total. The van der Waals surface area contributed by atoms with Gasteiger partial charge < -0.3 is 4.74 Å². The first-order valence-corrected chi connectivity index (χ1v) is 5.99. The Kier molecular flexibility index (Phi) is 3.50. The van der Waals surface area contributed by atoms with Crippen molar-refractivity contribution < 1.29 is 4.74 Å². The van der Waals surface area contributed by atoms with Crippen molar-refractivity contribution in [2.75, 3.05) is 7.11 Å². The Morgan fingerprint density at radius 3 is 2.38 bits per heavy atom. The van der Waals surface area contributed by atoms with Crippen molar-refractivity contribution in [3.8, 4) is 17.4 Å². The van der Waals surface area contributed by atoms with Crippen LogP contribution in [0.3, 0.4) is 0 Å². The van der Waals surface area contributed by atoms with E-state index in [9.17, 15) is 0 Å². The molecular weight excluding hydrogens is 338 g/mol. The number of hydrogen-bond acceptors (Lipinski definition) is 4. The molecule has 0 aromatic carbocycles. The minimum atomic E-state index is 0.539. The first kappa shape index (κ1) is 11.5. The topological polar surface area (TPSA) is 47.9 Å². The summed E-state index contributed by atoms with van der Waals surface area (Å²) in [4.78, 5) is 12.7. The zero-order valence-corrected chi connectivity index (χ0v) is 11.5. The van der Waals surface area contributed by atoms with E-state index < -0.39 is 0 Å². The highest BCUT2D eigenvalue weighted by atomic mass is 79.9. The lowest BCUT2D eigenvalue weighted by Crippen LogP contribution is -1.94. The molecule has 2 heterocycles. The highest BCUT2D eigenvalue weighted by molar-refractivity contribution is 9.11. The fourth-order valence-corrected chi connectivity index (χ4v) is 2.23. The van der Waals surface area contributed by atoms with Crippen LogP contribution in [0.2, 0.25) is 0 Å². The first-order chi connectivity index (χ1) is 7.69. The zero-order chi connectivity index (χ0) is 11.5. The van der Waals surface area contributed by atoms with Gasteiger partial charge in [0.1, 0.15) is 14.9 Å². The Labute approximate surface area is 109 Å². The molecule has 16 heavy (non-hydrogen) atoms. The Balaban J connectivity index is 2.49. The minimum Gasteiger partial charge on any atom is -0.481 e. The van der Waals surface area contributed by atoms with E-state index in [0.29, 0.717) is 26.6 Å². The number of ether oxygens (including phenoxy) is 1. The lowest BCUT2D eigenvalue weighted by Gasteiger charge is -2.03. The second-order valence-corrected chi connectivity index (χ2v) is 4.53. The Morgan fingerprint density at radius 2 is 1.75 bits per heavy atom. The number of halogens is 2. The molecule has 0 aliphatic carbocycles. The van der Waals surface area contributed by atoms with Gasteiger partial charge in [0.15, 0.2) is 5.82 Å². The quantitative estimate of drug-likeness (QED) is 0.785. The number of hydrogen-bond donors (Lipinski definition) is 0. The van der Waals surface area contributed by atoms with Gasteiger partial charge >= 0.3 is 0 Å². The smallest absolute Gasteiger partial charge is 0.213 e. The average molecular weight is 345 g/mol. The first-order valence-electron chi connectivity index (χ1n) is 4.40. The van der Waals surface area contributed by atoms with Gasteiger partial charge in [-0.1, -0.05) is 6.07 Å². The van der Waals surface area contributed by atoms with Crippen molar-refractivity contribution in [1.82, 2.24) is 15.0 Å². The summed E-state index contributed by atoms with van der Waals surface area (Å²) in [5.74, 6) is 1.08. The van der Waals surface area contributed by atoms with Gasteiger partial charge in [-0.05, 0) is 37.9 Å². The van der Waals surface area contributed by atoms with Gasteiger partial charge in [-0.3, -0.25) is 0 Å². The van der Waals surface area contributed by atoms with E-state index in [4.69, 9.17) is 4.74 Å². The van der Waals surface area contributed by atoms with Crippen LogP contribution in [0.4, 0.5) is 0 Å². The number of aromatic nitrogens is 3. The van der Waals surface area contributed by atoms with E-state index in [1.807, 2.05) is 12.1 Å². The summed E-state index contributed by atoms with van der Waals surface area (Å²) in [7, 11) is 1.57. The molecule has 0 aliphatic heterocycles. The minimum absolute atomic E-state index is 0.539. The monoisotopic (exact) mass is 343 g/mol. The number of methoxy groups -OCH3 is 1. The molecule has 0 N–H and O–H groups in total. The van der Waals surface area contributed by atoms with Gasteiger partial charge in [0.2, 0.25) is 5.88 Å². The van der Waals surface area contributed by atoms with Crippen LogP contribution in [-0.2, 0) is 0 Å². The van der Waals surface area contributed by atoms with Crippen LogP contribution < -0.4 is 4.74 Å². The second kappa shape index (κ2) is 4.88. The van der Waals surface area contributed by atoms with Crippen LogP contribution in [0.5, 0.6) is 5.88 Å². The van der Waals surface area contributed by atoms with Crippen LogP contribution in [0.15, 0.2) is 33.5 Å². The predicted molar refractivity (Wildman–Crippen MR) is 67.2 cm³/mol. The summed E-state index contributed by atoms with van der Waals surface area (Å²) in [6, 6.07) is 7.22. The number of pyridine rings is 1. The molecule has 0 unspecified atom stereocenters. The standard InChI is InChI=1S/C10H7Br2N3O/c1-16-9-4-2-3-6(13-9)10-14-7(11)5-8(12)15-10/h2-5H,1H3. The van der Waals surface area contributed by atoms with Crippen LogP contribution in [0, 0.1) is 0 Å². The fourth-order valence-electron chi connectivity index (χ4n) is 1.16. The largest absolute Gasteiger partial charge is 0.481 e. The molecule has 0 radical (unpaired) electrons. The third-order valence-corrected chi connectivity index (χ3v) is 2.64. The van der Waals surface area contributed by atoms with Crippen molar-refractivity contribution in [3.05, 3.63) is 33.5 Å². The normalized spacial score (nSPS) is 10.2. The van der Waals surface area contributed by atoms with Gasteiger partial charge in [0.05, 0.1) is 7.11 Å². The van der Waals surface area contributed by atoms with Crippen molar-refractivity contribution in [3.63, 3.8) is 0 Å². The van der Waals surface area contributed by atoms with E-state index >= 15 is 0 Å². The van der Waals surface area contributed by atoms with E-state index in [0.717, 1.165) is 0 Å². The highest BCUT2D eigenvalue weighted by Gasteiger charge is 2.06. The van der Waals surface area contributed by atoms with Crippen molar-refractivity contribution in [2.24, 2.45) is 0 Å². The summed E-state index contributed by atoms with van der Waals surface area (Å²) < 4.78 is 6.45. The molecule has 0 atom stereocenters. The van der Waals surface area contributed by atoms with E-state index in [1.54, 1.807) is 19.2 Å².